The molecule has 3 rings (SSSR count). The van der Waals surface area contributed by atoms with Crippen LogP contribution in [0.2, 0.25) is 5.02 Å². The molecule has 6 nitrogen and oxygen atoms in total. The number of nitrogens with zero attached hydrogens (tertiary/aromatic N) is 2. The normalized spacial score (nSPS) is 10.5. The van der Waals surface area contributed by atoms with Crippen LogP contribution in [0.4, 0.5) is 5.69 Å². The molecule has 0 spiro atoms. The van der Waals surface area contributed by atoms with Gasteiger partial charge in [-0.1, -0.05) is 23.7 Å². The minimum atomic E-state index is 0.379. The number of ether oxygens (including phenoxy) is 2. The van der Waals surface area contributed by atoms with E-state index in [1.807, 2.05) is 30.3 Å². The largest absolute Gasteiger partial charge is 0.493 e. The lowest BCUT2D eigenvalue weighted by Gasteiger charge is -2.07. The molecular weight excluding hydrogens is 330 g/mol. The topological polar surface area (TPSA) is 69.4 Å². The van der Waals surface area contributed by atoms with Gasteiger partial charge in [0.25, 0.3) is 0 Å². The minimum Gasteiger partial charge on any atom is -0.493 e. The third-order valence-electron chi connectivity index (χ3n) is 3.40. The highest BCUT2D eigenvalue weighted by Gasteiger charge is 2.12. The van der Waals surface area contributed by atoms with E-state index < -0.39 is 0 Å². The summed E-state index contributed by atoms with van der Waals surface area (Å²) >= 11 is 6.10. The van der Waals surface area contributed by atoms with E-state index in [2.05, 4.69) is 15.5 Å². The van der Waals surface area contributed by atoms with Gasteiger partial charge in [0.1, 0.15) is 0 Å². The lowest BCUT2D eigenvalue weighted by molar-refractivity contribution is 0.355. The number of anilines is 1. The molecule has 0 radical (unpaired) electrons. The van der Waals surface area contributed by atoms with Gasteiger partial charge in [-0.15, -0.1) is 10.2 Å². The molecule has 0 aliphatic carbocycles. The van der Waals surface area contributed by atoms with E-state index in [1.54, 1.807) is 26.4 Å². The number of para-hydroxylation sites is 1. The molecular formula is C17H16ClN3O3. The molecule has 0 bridgehead atoms. The molecule has 1 heterocycles. The van der Waals surface area contributed by atoms with Gasteiger partial charge < -0.3 is 19.2 Å². The Morgan fingerprint density at radius 1 is 1.04 bits per heavy atom. The fraction of sp³-hybridized carbons (Fsp3) is 0.176. The highest BCUT2D eigenvalue weighted by Crippen LogP contribution is 2.31. The van der Waals surface area contributed by atoms with Gasteiger partial charge >= 0.3 is 0 Å². The summed E-state index contributed by atoms with van der Waals surface area (Å²) in [5, 5.41) is 11.9. The smallest absolute Gasteiger partial charge is 0.247 e. The number of halogens is 1. The van der Waals surface area contributed by atoms with Crippen molar-refractivity contribution in [3.05, 3.63) is 53.4 Å². The highest BCUT2D eigenvalue weighted by molar-refractivity contribution is 6.33. The summed E-state index contributed by atoms with van der Waals surface area (Å²) in [5.74, 6) is 2.11. The zero-order valence-electron chi connectivity index (χ0n) is 13.2. The Kier molecular flexibility index (Phi) is 4.86. The zero-order valence-corrected chi connectivity index (χ0v) is 14.0. The van der Waals surface area contributed by atoms with E-state index in [-0.39, 0.29) is 0 Å². The molecule has 0 atom stereocenters. The molecule has 0 amide bonds. The number of nitrogens with one attached hydrogen (secondary N) is 1. The SMILES string of the molecule is COc1ccc(-c2nnc(CNc3ccccc3Cl)o2)cc1OC. The lowest BCUT2D eigenvalue weighted by Crippen LogP contribution is -1.99. The first kappa shape index (κ1) is 16.1. The highest BCUT2D eigenvalue weighted by atomic mass is 35.5. The minimum absolute atomic E-state index is 0.379. The van der Waals surface area contributed by atoms with Crippen LogP contribution in [0.3, 0.4) is 0 Å². The van der Waals surface area contributed by atoms with Gasteiger partial charge in [-0.3, -0.25) is 0 Å². The maximum atomic E-state index is 6.10. The molecule has 0 saturated carbocycles. The van der Waals surface area contributed by atoms with Crippen molar-refractivity contribution in [1.29, 1.82) is 0 Å². The van der Waals surface area contributed by atoms with Crippen molar-refractivity contribution in [3.63, 3.8) is 0 Å². The van der Waals surface area contributed by atoms with Gasteiger partial charge in [0.15, 0.2) is 11.5 Å². The van der Waals surface area contributed by atoms with Gasteiger partial charge in [-0.2, -0.15) is 0 Å². The molecule has 1 N–H and O–H groups in total. The fourth-order valence-corrected chi connectivity index (χ4v) is 2.39. The molecule has 3 aromatic rings. The molecule has 0 aliphatic heterocycles. The molecule has 24 heavy (non-hydrogen) atoms. The molecule has 1 aromatic heterocycles. The zero-order chi connectivity index (χ0) is 16.9. The summed E-state index contributed by atoms with van der Waals surface area (Å²) in [6, 6.07) is 12.9. The molecule has 124 valence electrons. The Labute approximate surface area is 144 Å². The van der Waals surface area contributed by atoms with Crippen LogP contribution in [0.5, 0.6) is 11.5 Å². The second kappa shape index (κ2) is 7.23. The molecule has 0 saturated heterocycles. The van der Waals surface area contributed by atoms with Gasteiger partial charge in [0, 0.05) is 5.56 Å². The molecule has 0 fully saturated rings. The average Bonchev–Trinajstić information content (AvgIpc) is 3.09. The standard InChI is InChI=1S/C17H16ClN3O3/c1-22-14-8-7-11(9-15(14)23-2)17-21-20-16(24-17)10-19-13-6-4-3-5-12(13)18/h3-9,19H,10H2,1-2H3. The Morgan fingerprint density at radius 3 is 2.58 bits per heavy atom. The first-order chi connectivity index (χ1) is 11.7. The van der Waals surface area contributed by atoms with Gasteiger partial charge in [-0.05, 0) is 30.3 Å². The second-order valence-electron chi connectivity index (χ2n) is 4.90. The van der Waals surface area contributed by atoms with Crippen LogP contribution in [0.25, 0.3) is 11.5 Å². The Hall–Kier alpha value is -2.73. The number of methoxy groups -OCH3 is 2. The Morgan fingerprint density at radius 2 is 1.83 bits per heavy atom. The van der Waals surface area contributed by atoms with Crippen molar-refractivity contribution in [1.82, 2.24) is 10.2 Å². The van der Waals surface area contributed by atoms with Gasteiger partial charge in [0.2, 0.25) is 11.8 Å². The van der Waals surface area contributed by atoms with Crippen LogP contribution in [0.1, 0.15) is 5.89 Å². The number of hydrogen-bond acceptors (Lipinski definition) is 6. The van der Waals surface area contributed by atoms with Crippen LogP contribution in [-0.4, -0.2) is 24.4 Å². The summed E-state index contributed by atoms with van der Waals surface area (Å²) in [4.78, 5) is 0. The van der Waals surface area contributed by atoms with E-state index in [0.29, 0.717) is 34.8 Å². The van der Waals surface area contributed by atoms with Crippen LogP contribution in [0.15, 0.2) is 46.9 Å². The third kappa shape index (κ3) is 3.44. The van der Waals surface area contributed by atoms with Crippen molar-refractivity contribution in [2.75, 3.05) is 19.5 Å². The molecule has 2 aromatic carbocycles. The van der Waals surface area contributed by atoms with Crippen LogP contribution >= 0.6 is 11.6 Å². The first-order valence-corrected chi connectivity index (χ1v) is 7.62. The van der Waals surface area contributed by atoms with Crippen LogP contribution in [-0.2, 0) is 6.54 Å². The Bertz CT molecular complexity index is 835. The molecule has 7 heteroatoms. The maximum Gasteiger partial charge on any atom is 0.247 e. The van der Waals surface area contributed by atoms with E-state index in [9.17, 15) is 0 Å². The fourth-order valence-electron chi connectivity index (χ4n) is 2.19. The summed E-state index contributed by atoms with van der Waals surface area (Å²) in [5.41, 5.74) is 1.56. The van der Waals surface area contributed by atoms with Crippen molar-refractivity contribution >= 4 is 17.3 Å². The van der Waals surface area contributed by atoms with Crippen molar-refractivity contribution < 1.29 is 13.9 Å². The van der Waals surface area contributed by atoms with E-state index >= 15 is 0 Å². The predicted octanol–water partition coefficient (Wildman–Crippen LogP) is 4.02. The number of rotatable bonds is 6. The number of aromatic nitrogens is 2. The molecule has 0 unspecified atom stereocenters. The average molecular weight is 346 g/mol. The Balaban J connectivity index is 1.75. The molecule has 0 aliphatic rings. The lowest BCUT2D eigenvalue weighted by atomic mass is 10.2. The summed E-state index contributed by atoms with van der Waals surface area (Å²) < 4.78 is 16.2. The number of benzene rings is 2. The monoisotopic (exact) mass is 345 g/mol. The van der Waals surface area contributed by atoms with Gasteiger partial charge in [-0.25, -0.2) is 0 Å². The van der Waals surface area contributed by atoms with Crippen molar-refractivity contribution in [3.8, 4) is 23.0 Å². The third-order valence-corrected chi connectivity index (χ3v) is 3.73. The quantitative estimate of drug-likeness (QED) is 0.727. The first-order valence-electron chi connectivity index (χ1n) is 7.24. The number of hydrogen-bond donors (Lipinski definition) is 1. The summed E-state index contributed by atoms with van der Waals surface area (Å²) in [6.07, 6.45) is 0. The predicted molar refractivity (Wildman–Crippen MR) is 91.6 cm³/mol. The summed E-state index contributed by atoms with van der Waals surface area (Å²) in [6.45, 7) is 0.379. The van der Waals surface area contributed by atoms with Gasteiger partial charge in [0.05, 0.1) is 31.5 Å². The van der Waals surface area contributed by atoms with Crippen molar-refractivity contribution in [2.45, 2.75) is 6.54 Å². The van der Waals surface area contributed by atoms with E-state index in [1.165, 1.54) is 0 Å². The second-order valence-corrected chi connectivity index (χ2v) is 5.31. The van der Waals surface area contributed by atoms with Crippen LogP contribution in [0, 0.1) is 0 Å². The van der Waals surface area contributed by atoms with Crippen molar-refractivity contribution in [2.24, 2.45) is 0 Å². The van der Waals surface area contributed by atoms with E-state index in [0.717, 1.165) is 11.3 Å². The van der Waals surface area contributed by atoms with E-state index in [4.69, 9.17) is 25.5 Å². The summed E-state index contributed by atoms with van der Waals surface area (Å²) in [7, 11) is 3.16. The maximum absolute atomic E-state index is 6.10. The van der Waals surface area contributed by atoms with Crippen LogP contribution < -0.4 is 14.8 Å².